The number of fused-ring (bicyclic) bond motifs is 5. The molecule has 2 heterocycles. The van der Waals surface area contributed by atoms with E-state index in [-0.39, 0.29) is 0 Å². The number of aromatic nitrogens is 2. The molecule has 0 amide bonds. The summed E-state index contributed by atoms with van der Waals surface area (Å²) < 4.78 is 2.14. The molecule has 2 heteroatoms. The first kappa shape index (κ1) is 10.9. The van der Waals surface area contributed by atoms with E-state index in [2.05, 4.69) is 59.1 Å². The van der Waals surface area contributed by atoms with Crippen molar-refractivity contribution in [2.75, 3.05) is 0 Å². The molecule has 0 spiro atoms. The molecule has 0 fully saturated rings. The molecule has 0 aliphatic carbocycles. The van der Waals surface area contributed by atoms with Crippen LogP contribution < -0.4 is 0 Å². The van der Waals surface area contributed by atoms with Crippen molar-refractivity contribution in [2.45, 2.75) is 0 Å². The lowest BCUT2D eigenvalue weighted by molar-refractivity contribution is 1.23. The Morgan fingerprint density at radius 3 is 2.19 bits per heavy atom. The summed E-state index contributed by atoms with van der Waals surface area (Å²) >= 11 is 0. The van der Waals surface area contributed by atoms with Gasteiger partial charge in [-0.1, -0.05) is 30.3 Å². The zero-order chi connectivity index (χ0) is 13.8. The predicted molar refractivity (Wildman–Crippen MR) is 87.7 cm³/mol. The van der Waals surface area contributed by atoms with Gasteiger partial charge in [0, 0.05) is 6.20 Å². The molecule has 0 radical (unpaired) electrons. The van der Waals surface area contributed by atoms with Crippen LogP contribution in [0.3, 0.4) is 0 Å². The highest BCUT2D eigenvalue weighted by atomic mass is 15.0. The lowest BCUT2D eigenvalue weighted by atomic mass is 10.0. The van der Waals surface area contributed by atoms with Gasteiger partial charge in [0.2, 0.25) is 0 Å². The number of benzene rings is 3. The summed E-state index contributed by atoms with van der Waals surface area (Å²) in [7, 11) is 0. The maximum absolute atomic E-state index is 4.71. The molecule has 0 aliphatic heterocycles. The van der Waals surface area contributed by atoms with Gasteiger partial charge >= 0.3 is 0 Å². The normalized spacial score (nSPS) is 11.8. The maximum atomic E-state index is 4.71. The van der Waals surface area contributed by atoms with E-state index in [0.29, 0.717) is 0 Å². The van der Waals surface area contributed by atoms with Gasteiger partial charge in [-0.2, -0.15) is 0 Å². The summed E-state index contributed by atoms with van der Waals surface area (Å²) in [6, 6.07) is 23.5. The Hall–Kier alpha value is -2.87. The number of pyridine rings is 1. The van der Waals surface area contributed by atoms with Crippen molar-refractivity contribution < 1.29 is 0 Å². The fourth-order valence-corrected chi connectivity index (χ4v) is 3.10. The van der Waals surface area contributed by atoms with Crippen molar-refractivity contribution in [2.24, 2.45) is 0 Å². The van der Waals surface area contributed by atoms with E-state index >= 15 is 0 Å². The van der Waals surface area contributed by atoms with Crippen molar-refractivity contribution in [3.8, 4) is 0 Å². The van der Waals surface area contributed by atoms with E-state index < -0.39 is 0 Å². The molecule has 0 unspecified atom stereocenters. The molecule has 21 heavy (non-hydrogen) atoms. The van der Waals surface area contributed by atoms with Crippen LogP contribution >= 0.6 is 0 Å². The van der Waals surface area contributed by atoms with Gasteiger partial charge in [0.25, 0.3) is 0 Å². The first-order valence-electron chi connectivity index (χ1n) is 7.08. The van der Waals surface area contributed by atoms with E-state index in [9.17, 15) is 0 Å². The Morgan fingerprint density at radius 1 is 0.667 bits per heavy atom. The topological polar surface area (TPSA) is 17.3 Å². The Morgan fingerprint density at radius 2 is 1.38 bits per heavy atom. The molecule has 0 atom stereocenters. The molecule has 98 valence electrons. The van der Waals surface area contributed by atoms with Gasteiger partial charge in [0.15, 0.2) is 0 Å². The van der Waals surface area contributed by atoms with E-state index in [0.717, 1.165) is 16.7 Å². The Balaban J connectivity index is 1.99. The summed E-state index contributed by atoms with van der Waals surface area (Å²) in [5.41, 5.74) is 3.20. The van der Waals surface area contributed by atoms with Crippen LogP contribution in [0, 0.1) is 0 Å². The summed E-state index contributed by atoms with van der Waals surface area (Å²) in [5.74, 6) is 0. The zero-order valence-corrected chi connectivity index (χ0v) is 11.3. The maximum Gasteiger partial charge on any atom is 0.137 e. The van der Waals surface area contributed by atoms with Gasteiger partial charge in [-0.3, -0.25) is 4.40 Å². The molecular weight excluding hydrogens is 256 g/mol. The molecule has 0 N–H and O–H groups in total. The Labute approximate surface area is 121 Å². The molecule has 0 saturated heterocycles. The summed E-state index contributed by atoms with van der Waals surface area (Å²) in [5, 5.41) is 5.04. The van der Waals surface area contributed by atoms with E-state index in [1.807, 2.05) is 18.2 Å². The van der Waals surface area contributed by atoms with Gasteiger partial charge < -0.3 is 0 Å². The fraction of sp³-hybridized carbons (Fsp3) is 0. The van der Waals surface area contributed by atoms with Gasteiger partial charge in [-0.25, -0.2) is 4.98 Å². The lowest BCUT2D eigenvalue weighted by Gasteiger charge is -2.03. The first-order chi connectivity index (χ1) is 10.4. The average molecular weight is 268 g/mol. The van der Waals surface area contributed by atoms with E-state index in [4.69, 9.17) is 4.98 Å². The molecule has 0 bridgehead atoms. The molecule has 0 saturated carbocycles. The van der Waals surface area contributed by atoms with Crippen LogP contribution in [0.15, 0.2) is 72.9 Å². The molecule has 5 aromatic rings. The van der Waals surface area contributed by atoms with Crippen LogP contribution in [0.4, 0.5) is 0 Å². The molecule has 5 rings (SSSR count). The smallest absolute Gasteiger partial charge is 0.137 e. The van der Waals surface area contributed by atoms with Crippen LogP contribution in [0.1, 0.15) is 0 Å². The Bertz CT molecular complexity index is 1130. The minimum Gasteiger partial charge on any atom is -0.300 e. The zero-order valence-electron chi connectivity index (χ0n) is 11.3. The van der Waals surface area contributed by atoms with Crippen LogP contribution in [0.2, 0.25) is 0 Å². The second kappa shape index (κ2) is 3.83. The second-order valence-corrected chi connectivity index (χ2v) is 5.43. The second-order valence-electron chi connectivity index (χ2n) is 5.43. The number of hydrogen-bond acceptors (Lipinski definition) is 1. The van der Waals surface area contributed by atoms with E-state index in [1.54, 1.807) is 0 Å². The van der Waals surface area contributed by atoms with Crippen molar-refractivity contribution >= 4 is 38.2 Å². The molecule has 0 aliphatic rings. The number of rotatable bonds is 0. The van der Waals surface area contributed by atoms with Crippen molar-refractivity contribution in [3.63, 3.8) is 0 Å². The highest BCUT2D eigenvalue weighted by Gasteiger charge is 2.06. The summed E-state index contributed by atoms with van der Waals surface area (Å²) in [4.78, 5) is 4.71. The SMILES string of the molecule is c1ccc2cc3cc4c(cc3cc2c1)nc1ccccn14. The Kier molecular flexibility index (Phi) is 1.98. The third-order valence-electron chi connectivity index (χ3n) is 4.13. The third-order valence-corrected chi connectivity index (χ3v) is 4.13. The summed E-state index contributed by atoms with van der Waals surface area (Å²) in [6.07, 6.45) is 2.07. The summed E-state index contributed by atoms with van der Waals surface area (Å²) in [6.45, 7) is 0. The van der Waals surface area contributed by atoms with Gasteiger partial charge in [-0.15, -0.1) is 0 Å². The quantitative estimate of drug-likeness (QED) is 0.369. The fourth-order valence-electron chi connectivity index (χ4n) is 3.10. The minimum absolute atomic E-state index is 0.993. The molecule has 3 aromatic carbocycles. The van der Waals surface area contributed by atoms with Crippen molar-refractivity contribution in [1.82, 2.24) is 9.38 Å². The monoisotopic (exact) mass is 268 g/mol. The molecule has 2 nitrogen and oxygen atoms in total. The minimum atomic E-state index is 0.993. The highest BCUT2D eigenvalue weighted by Crippen LogP contribution is 2.27. The molecular formula is C19H12N2. The van der Waals surface area contributed by atoms with Crippen LogP contribution in [-0.2, 0) is 0 Å². The predicted octanol–water partition coefficient (Wildman–Crippen LogP) is 4.79. The highest BCUT2D eigenvalue weighted by molar-refractivity contribution is 6.03. The first-order valence-corrected chi connectivity index (χ1v) is 7.08. The average Bonchev–Trinajstić information content (AvgIpc) is 2.88. The third kappa shape index (κ3) is 1.50. The van der Waals surface area contributed by atoms with Gasteiger partial charge in [0.1, 0.15) is 5.65 Å². The largest absolute Gasteiger partial charge is 0.300 e. The lowest BCUT2D eigenvalue weighted by Crippen LogP contribution is -1.82. The van der Waals surface area contributed by atoms with Crippen LogP contribution in [0.25, 0.3) is 38.2 Å². The van der Waals surface area contributed by atoms with E-state index in [1.165, 1.54) is 21.5 Å². The van der Waals surface area contributed by atoms with Gasteiger partial charge in [-0.05, 0) is 57.9 Å². The van der Waals surface area contributed by atoms with Crippen molar-refractivity contribution in [1.29, 1.82) is 0 Å². The van der Waals surface area contributed by atoms with Crippen LogP contribution in [0.5, 0.6) is 0 Å². The number of imidazole rings is 1. The van der Waals surface area contributed by atoms with Gasteiger partial charge in [0.05, 0.1) is 11.0 Å². The molecule has 2 aromatic heterocycles. The number of hydrogen-bond donors (Lipinski definition) is 0. The van der Waals surface area contributed by atoms with Crippen LogP contribution in [-0.4, -0.2) is 9.38 Å². The van der Waals surface area contributed by atoms with Crippen molar-refractivity contribution in [3.05, 3.63) is 72.9 Å². The standard InChI is InChI=1S/C19H12N2/c1-2-6-14-10-16-12-18-17(11-15(16)9-13(14)5-1)20-19-7-3-4-8-21(18)19/h1-12H. The number of nitrogens with zero attached hydrogens (tertiary/aromatic N) is 2.